The molecule has 3 heteroatoms. The number of aryl methyl sites for hydroxylation is 1. The first-order valence-corrected chi connectivity index (χ1v) is 2.73. The van der Waals surface area contributed by atoms with Crippen LogP contribution in [-0.2, 0) is 11.3 Å². The second-order valence-corrected chi connectivity index (χ2v) is 1.82. The zero-order valence-corrected chi connectivity index (χ0v) is 5.55. The molecule has 0 amide bonds. The van der Waals surface area contributed by atoms with Gasteiger partial charge in [-0.25, -0.2) is 4.98 Å². The van der Waals surface area contributed by atoms with E-state index in [1.807, 2.05) is 6.92 Å². The topological polar surface area (TPSA) is 35.3 Å². The van der Waals surface area contributed by atoms with Crippen LogP contribution in [0.2, 0.25) is 0 Å². The molecule has 0 aromatic carbocycles. The molecule has 0 unspecified atom stereocenters. The Hall–Kier alpha value is -0.830. The molecule has 0 aliphatic heterocycles. The Morgan fingerprint density at radius 3 is 3.00 bits per heavy atom. The van der Waals surface area contributed by atoms with Crippen LogP contribution < -0.4 is 0 Å². The third-order valence-electron chi connectivity index (χ3n) is 0.934. The maximum Gasteiger partial charge on any atom is 0.220 e. The number of oxazole rings is 1. The van der Waals surface area contributed by atoms with E-state index in [2.05, 4.69) is 4.98 Å². The first kappa shape index (κ1) is 6.29. The number of nitrogens with zero attached hydrogens (tertiary/aromatic N) is 1. The molecule has 1 aromatic rings. The molecule has 1 heterocycles. The van der Waals surface area contributed by atoms with E-state index >= 15 is 0 Å². The summed E-state index contributed by atoms with van der Waals surface area (Å²) in [5.74, 6) is 0.634. The number of rotatable bonds is 2. The molecule has 0 saturated heterocycles. The number of hydrogen-bond acceptors (Lipinski definition) is 3. The highest BCUT2D eigenvalue weighted by Crippen LogP contribution is 2.00. The molecule has 3 nitrogen and oxygen atoms in total. The van der Waals surface area contributed by atoms with E-state index in [9.17, 15) is 0 Å². The Morgan fingerprint density at radius 2 is 2.56 bits per heavy atom. The van der Waals surface area contributed by atoms with Gasteiger partial charge >= 0.3 is 0 Å². The SMILES string of the molecule is COCc1nc(C)co1. The molecule has 0 aliphatic carbocycles. The zero-order chi connectivity index (χ0) is 6.69. The molecular formula is C6H9NO2. The van der Waals surface area contributed by atoms with Crippen molar-refractivity contribution in [2.45, 2.75) is 13.5 Å². The first-order valence-electron chi connectivity index (χ1n) is 2.73. The molecule has 0 atom stereocenters. The lowest BCUT2D eigenvalue weighted by Crippen LogP contribution is -1.85. The fraction of sp³-hybridized carbons (Fsp3) is 0.500. The summed E-state index contributed by atoms with van der Waals surface area (Å²) in [7, 11) is 1.61. The van der Waals surface area contributed by atoms with Gasteiger partial charge in [-0.1, -0.05) is 0 Å². The van der Waals surface area contributed by atoms with E-state index < -0.39 is 0 Å². The maximum absolute atomic E-state index is 4.97. The number of ether oxygens (including phenoxy) is 1. The van der Waals surface area contributed by atoms with Gasteiger partial charge in [0.05, 0.1) is 5.69 Å². The van der Waals surface area contributed by atoms with Gasteiger partial charge in [-0.2, -0.15) is 0 Å². The van der Waals surface area contributed by atoms with E-state index in [0.29, 0.717) is 12.5 Å². The van der Waals surface area contributed by atoms with Crippen LogP contribution in [0.4, 0.5) is 0 Å². The summed E-state index contributed by atoms with van der Waals surface area (Å²) in [6, 6.07) is 0. The molecule has 1 aromatic heterocycles. The Morgan fingerprint density at radius 1 is 1.78 bits per heavy atom. The molecule has 0 N–H and O–H groups in total. The summed E-state index contributed by atoms with van der Waals surface area (Å²) in [5, 5.41) is 0. The fourth-order valence-corrected chi connectivity index (χ4v) is 0.592. The van der Waals surface area contributed by atoms with Crippen molar-refractivity contribution in [3.8, 4) is 0 Å². The summed E-state index contributed by atoms with van der Waals surface area (Å²) < 4.78 is 9.75. The highest BCUT2D eigenvalue weighted by atomic mass is 16.5. The predicted molar refractivity (Wildman–Crippen MR) is 32.0 cm³/mol. The quantitative estimate of drug-likeness (QED) is 0.597. The molecule has 9 heavy (non-hydrogen) atoms. The van der Waals surface area contributed by atoms with Crippen LogP contribution in [0.1, 0.15) is 11.6 Å². The number of methoxy groups -OCH3 is 1. The van der Waals surface area contributed by atoms with Crippen LogP contribution in [0, 0.1) is 6.92 Å². The molecule has 0 spiro atoms. The minimum absolute atomic E-state index is 0.452. The highest BCUT2D eigenvalue weighted by molar-refractivity contribution is 4.91. The van der Waals surface area contributed by atoms with Gasteiger partial charge in [0.25, 0.3) is 0 Å². The second-order valence-electron chi connectivity index (χ2n) is 1.82. The fourth-order valence-electron chi connectivity index (χ4n) is 0.592. The average Bonchev–Trinajstić information content (AvgIpc) is 2.17. The Labute approximate surface area is 53.7 Å². The third-order valence-corrected chi connectivity index (χ3v) is 0.934. The summed E-state index contributed by atoms with van der Waals surface area (Å²) >= 11 is 0. The van der Waals surface area contributed by atoms with Crippen LogP contribution in [0.5, 0.6) is 0 Å². The Bertz CT molecular complexity index is 183. The van der Waals surface area contributed by atoms with E-state index in [0.717, 1.165) is 5.69 Å². The van der Waals surface area contributed by atoms with Crippen molar-refractivity contribution in [2.24, 2.45) is 0 Å². The summed E-state index contributed by atoms with van der Waals surface area (Å²) in [6.07, 6.45) is 1.61. The summed E-state index contributed by atoms with van der Waals surface area (Å²) in [4.78, 5) is 4.01. The van der Waals surface area contributed by atoms with E-state index in [-0.39, 0.29) is 0 Å². The van der Waals surface area contributed by atoms with Gasteiger partial charge in [-0.15, -0.1) is 0 Å². The van der Waals surface area contributed by atoms with E-state index in [1.165, 1.54) is 0 Å². The maximum atomic E-state index is 4.97. The molecule has 0 aliphatic rings. The van der Waals surface area contributed by atoms with Gasteiger partial charge in [0.2, 0.25) is 5.89 Å². The predicted octanol–water partition coefficient (Wildman–Crippen LogP) is 1.13. The molecule has 1 rings (SSSR count). The molecule has 0 saturated carbocycles. The Balaban J connectivity index is 2.61. The molecule has 0 fully saturated rings. The minimum Gasteiger partial charge on any atom is -0.446 e. The summed E-state index contributed by atoms with van der Waals surface area (Å²) in [5.41, 5.74) is 0.891. The third kappa shape index (κ3) is 1.54. The van der Waals surface area contributed by atoms with Gasteiger partial charge in [0, 0.05) is 7.11 Å². The van der Waals surface area contributed by atoms with Crippen molar-refractivity contribution < 1.29 is 9.15 Å². The van der Waals surface area contributed by atoms with Crippen LogP contribution in [0.25, 0.3) is 0 Å². The van der Waals surface area contributed by atoms with Gasteiger partial charge in [0.15, 0.2) is 0 Å². The number of aromatic nitrogens is 1. The van der Waals surface area contributed by atoms with Crippen molar-refractivity contribution >= 4 is 0 Å². The van der Waals surface area contributed by atoms with Gasteiger partial charge < -0.3 is 9.15 Å². The van der Waals surface area contributed by atoms with E-state index in [1.54, 1.807) is 13.4 Å². The largest absolute Gasteiger partial charge is 0.446 e. The lowest BCUT2D eigenvalue weighted by atomic mass is 10.6. The van der Waals surface area contributed by atoms with Crippen LogP contribution in [-0.4, -0.2) is 12.1 Å². The van der Waals surface area contributed by atoms with E-state index in [4.69, 9.17) is 9.15 Å². The Kier molecular flexibility index (Phi) is 1.85. The second kappa shape index (κ2) is 2.64. The van der Waals surface area contributed by atoms with Crippen molar-refractivity contribution in [3.63, 3.8) is 0 Å². The normalized spacial score (nSPS) is 10.0. The van der Waals surface area contributed by atoms with Crippen molar-refractivity contribution in [1.29, 1.82) is 0 Å². The van der Waals surface area contributed by atoms with Crippen molar-refractivity contribution in [2.75, 3.05) is 7.11 Å². The van der Waals surface area contributed by atoms with Gasteiger partial charge in [-0.05, 0) is 6.92 Å². The minimum atomic E-state index is 0.452. The van der Waals surface area contributed by atoms with Crippen molar-refractivity contribution in [3.05, 3.63) is 17.8 Å². The van der Waals surface area contributed by atoms with Crippen LogP contribution in [0.15, 0.2) is 10.7 Å². The van der Waals surface area contributed by atoms with Crippen LogP contribution >= 0.6 is 0 Å². The van der Waals surface area contributed by atoms with Gasteiger partial charge in [0.1, 0.15) is 12.9 Å². The highest BCUT2D eigenvalue weighted by Gasteiger charge is 1.96. The smallest absolute Gasteiger partial charge is 0.220 e. The summed E-state index contributed by atoms with van der Waals surface area (Å²) in [6.45, 7) is 2.33. The van der Waals surface area contributed by atoms with Gasteiger partial charge in [-0.3, -0.25) is 0 Å². The molecular weight excluding hydrogens is 118 g/mol. The lowest BCUT2D eigenvalue weighted by Gasteiger charge is -1.87. The lowest BCUT2D eigenvalue weighted by molar-refractivity contribution is 0.159. The molecule has 50 valence electrons. The zero-order valence-electron chi connectivity index (χ0n) is 5.55. The molecule has 0 bridgehead atoms. The monoisotopic (exact) mass is 127 g/mol. The standard InChI is InChI=1S/C6H9NO2/c1-5-3-9-6(7-5)4-8-2/h3H,4H2,1-2H3. The average molecular weight is 127 g/mol. The van der Waals surface area contributed by atoms with Crippen LogP contribution in [0.3, 0.4) is 0 Å². The number of hydrogen-bond donors (Lipinski definition) is 0. The van der Waals surface area contributed by atoms with Crippen molar-refractivity contribution in [1.82, 2.24) is 4.98 Å². The first-order chi connectivity index (χ1) is 4.33. The molecule has 0 radical (unpaired) electrons.